The molecule has 0 heterocycles. The maximum atomic E-state index is 4.12. The molecular formula is C19H42N2Si2. The van der Waals surface area contributed by atoms with Gasteiger partial charge in [0.05, 0.1) is 0 Å². The monoisotopic (exact) mass is 354 g/mol. The van der Waals surface area contributed by atoms with Gasteiger partial charge in [-0.3, -0.25) is 0 Å². The number of nitrogens with one attached hydrogen (secondary N) is 2. The topological polar surface area (TPSA) is 24.1 Å². The Morgan fingerprint density at radius 1 is 0.826 bits per heavy atom. The van der Waals surface area contributed by atoms with Crippen molar-refractivity contribution < 1.29 is 0 Å². The van der Waals surface area contributed by atoms with Crippen molar-refractivity contribution in [2.45, 2.75) is 96.2 Å². The Morgan fingerprint density at radius 3 is 1.65 bits per heavy atom. The molecule has 4 heteroatoms. The van der Waals surface area contributed by atoms with Crippen molar-refractivity contribution in [3.05, 3.63) is 0 Å². The molecule has 2 nitrogen and oxygen atoms in total. The fourth-order valence-electron chi connectivity index (χ4n) is 6.68. The second kappa shape index (κ2) is 6.58. The van der Waals surface area contributed by atoms with E-state index in [0.717, 1.165) is 28.8 Å². The van der Waals surface area contributed by atoms with Gasteiger partial charge in [0.2, 0.25) is 0 Å². The van der Waals surface area contributed by atoms with E-state index >= 15 is 0 Å². The summed E-state index contributed by atoms with van der Waals surface area (Å²) in [6.07, 6.45) is 5.93. The Kier molecular flexibility index (Phi) is 5.63. The van der Waals surface area contributed by atoms with Crippen LogP contribution in [0, 0.1) is 17.8 Å². The predicted octanol–water partition coefficient (Wildman–Crippen LogP) is 5.20. The maximum absolute atomic E-state index is 4.12. The highest BCUT2D eigenvalue weighted by molar-refractivity contribution is 6.79. The summed E-state index contributed by atoms with van der Waals surface area (Å²) >= 11 is 0. The molecule has 0 spiro atoms. The fourth-order valence-corrected chi connectivity index (χ4v) is 15.3. The third kappa shape index (κ3) is 3.96. The Labute approximate surface area is 147 Å². The quantitative estimate of drug-likeness (QED) is 0.678. The van der Waals surface area contributed by atoms with Crippen molar-refractivity contribution >= 4 is 16.5 Å². The Balaban J connectivity index is 2.36. The lowest BCUT2D eigenvalue weighted by Gasteiger charge is -2.43. The molecule has 5 atom stereocenters. The smallest absolute Gasteiger partial charge is 0.123 e. The average Bonchev–Trinajstić information content (AvgIpc) is 2.69. The lowest BCUT2D eigenvalue weighted by molar-refractivity contribution is 0.270. The van der Waals surface area contributed by atoms with Gasteiger partial charge in [-0.2, -0.15) is 0 Å². The van der Waals surface area contributed by atoms with Gasteiger partial charge < -0.3 is 9.96 Å². The van der Waals surface area contributed by atoms with Crippen molar-refractivity contribution in [2.75, 3.05) is 7.05 Å². The Hall–Kier alpha value is 0.354. The van der Waals surface area contributed by atoms with Crippen LogP contribution >= 0.6 is 0 Å². The summed E-state index contributed by atoms with van der Waals surface area (Å²) in [5.74, 6) is 2.86. The van der Waals surface area contributed by atoms with Gasteiger partial charge in [-0.25, -0.2) is 0 Å². The van der Waals surface area contributed by atoms with Crippen LogP contribution in [0.2, 0.25) is 37.3 Å². The Morgan fingerprint density at radius 2 is 1.26 bits per heavy atom. The summed E-state index contributed by atoms with van der Waals surface area (Å²) in [6, 6.07) is 0. The first-order valence-electron chi connectivity index (χ1n) is 9.89. The molecule has 23 heavy (non-hydrogen) atoms. The number of fused-ring (bicyclic) bond motifs is 1. The van der Waals surface area contributed by atoms with Crippen molar-refractivity contribution in [1.82, 2.24) is 9.96 Å². The van der Waals surface area contributed by atoms with Gasteiger partial charge in [-0.15, -0.1) is 0 Å². The highest BCUT2D eigenvalue weighted by atomic mass is 28.3. The molecule has 0 bridgehead atoms. The van der Waals surface area contributed by atoms with Crippen LogP contribution in [0.4, 0.5) is 0 Å². The van der Waals surface area contributed by atoms with Gasteiger partial charge >= 0.3 is 0 Å². The van der Waals surface area contributed by atoms with E-state index in [9.17, 15) is 0 Å². The van der Waals surface area contributed by atoms with Crippen molar-refractivity contribution in [3.8, 4) is 0 Å². The molecule has 2 N–H and O–H groups in total. The third-order valence-electron chi connectivity index (χ3n) is 6.94. The molecule has 2 fully saturated rings. The van der Waals surface area contributed by atoms with E-state index in [1.807, 2.05) is 0 Å². The standard InChI is InChI=1S/C19H42N2Si2/c1-14-17(22(6,7)20-5)15-12-10-11-13-16(15)18(14)23(8,9)21-19(2,3)4/h14-18,20-21H,10-13H2,1-9H3. The first kappa shape index (κ1) is 19.7. The SMILES string of the molecule is CN[Si](C)(C)C1C(C)C([Si](C)(C)NC(C)(C)C)C2CCCCC21. The van der Waals surface area contributed by atoms with Crippen molar-refractivity contribution in [3.63, 3.8) is 0 Å². The van der Waals surface area contributed by atoms with E-state index in [-0.39, 0.29) is 5.54 Å². The summed E-state index contributed by atoms with van der Waals surface area (Å²) in [6.45, 7) is 20.0. The molecule has 0 amide bonds. The Bertz CT molecular complexity index is 414. The van der Waals surface area contributed by atoms with Crippen LogP contribution in [-0.4, -0.2) is 29.1 Å². The first-order valence-corrected chi connectivity index (χ1v) is 16.0. The number of hydrogen-bond donors (Lipinski definition) is 2. The van der Waals surface area contributed by atoms with Gasteiger partial charge in [-0.1, -0.05) is 58.8 Å². The van der Waals surface area contributed by atoms with Crippen LogP contribution in [0.3, 0.4) is 0 Å². The second-order valence-corrected chi connectivity index (χ2v) is 19.6. The average molecular weight is 355 g/mol. The molecule has 2 rings (SSSR count). The van der Waals surface area contributed by atoms with Crippen LogP contribution in [0.15, 0.2) is 0 Å². The van der Waals surface area contributed by atoms with Crippen molar-refractivity contribution in [1.29, 1.82) is 0 Å². The van der Waals surface area contributed by atoms with Crippen LogP contribution in [0.1, 0.15) is 53.4 Å². The molecule has 0 aromatic carbocycles. The number of hydrogen-bond acceptors (Lipinski definition) is 2. The summed E-state index contributed by atoms with van der Waals surface area (Å²) in [7, 11) is -0.594. The van der Waals surface area contributed by atoms with E-state index in [1.165, 1.54) is 25.7 Å². The van der Waals surface area contributed by atoms with E-state index in [2.05, 4.69) is 70.9 Å². The normalized spacial score (nSPS) is 36.1. The summed E-state index contributed by atoms with van der Waals surface area (Å²) < 4.78 is 0. The highest BCUT2D eigenvalue weighted by Gasteiger charge is 2.58. The molecule has 136 valence electrons. The molecule has 2 aliphatic rings. The highest BCUT2D eigenvalue weighted by Crippen LogP contribution is 2.63. The number of rotatable bonds is 4. The van der Waals surface area contributed by atoms with E-state index in [4.69, 9.17) is 0 Å². The van der Waals surface area contributed by atoms with Crippen LogP contribution in [0.5, 0.6) is 0 Å². The minimum Gasteiger partial charge on any atom is -0.340 e. The zero-order valence-electron chi connectivity index (χ0n) is 17.2. The predicted molar refractivity (Wildman–Crippen MR) is 109 cm³/mol. The van der Waals surface area contributed by atoms with Gasteiger partial charge in [0.25, 0.3) is 0 Å². The van der Waals surface area contributed by atoms with E-state index in [1.54, 1.807) is 0 Å². The second-order valence-electron chi connectivity index (χ2n) is 10.6. The zero-order valence-corrected chi connectivity index (χ0v) is 19.2. The van der Waals surface area contributed by atoms with Gasteiger partial charge in [-0.05, 0) is 56.7 Å². The van der Waals surface area contributed by atoms with Crippen LogP contribution in [0.25, 0.3) is 0 Å². The molecule has 0 aromatic rings. The molecule has 0 aromatic heterocycles. The van der Waals surface area contributed by atoms with Crippen molar-refractivity contribution in [2.24, 2.45) is 17.8 Å². The minimum absolute atomic E-state index is 0.244. The molecular weight excluding hydrogens is 312 g/mol. The first-order chi connectivity index (χ1) is 10.4. The van der Waals surface area contributed by atoms with Gasteiger partial charge in [0, 0.05) is 5.54 Å². The fraction of sp³-hybridized carbons (Fsp3) is 1.00. The summed E-state index contributed by atoms with van der Waals surface area (Å²) in [5, 5.41) is 0. The molecule has 5 unspecified atom stereocenters. The van der Waals surface area contributed by atoms with Gasteiger partial charge in [0.15, 0.2) is 0 Å². The minimum atomic E-state index is -1.47. The molecule has 0 aliphatic heterocycles. The maximum Gasteiger partial charge on any atom is 0.123 e. The lowest BCUT2D eigenvalue weighted by atomic mass is 9.81. The molecule has 0 radical (unpaired) electrons. The van der Waals surface area contributed by atoms with Crippen LogP contribution in [-0.2, 0) is 0 Å². The summed E-state index contributed by atoms with van der Waals surface area (Å²) in [5.41, 5.74) is 2.14. The van der Waals surface area contributed by atoms with E-state index < -0.39 is 16.5 Å². The van der Waals surface area contributed by atoms with Gasteiger partial charge in [0.1, 0.15) is 16.5 Å². The summed E-state index contributed by atoms with van der Waals surface area (Å²) in [4.78, 5) is 7.93. The zero-order chi connectivity index (χ0) is 17.6. The largest absolute Gasteiger partial charge is 0.340 e. The van der Waals surface area contributed by atoms with E-state index in [0.29, 0.717) is 0 Å². The molecule has 2 aliphatic carbocycles. The lowest BCUT2D eigenvalue weighted by Crippen LogP contribution is -2.59. The van der Waals surface area contributed by atoms with Crippen LogP contribution < -0.4 is 9.96 Å². The molecule has 0 saturated heterocycles. The third-order valence-corrected chi connectivity index (χ3v) is 14.9. The molecule has 2 saturated carbocycles.